The smallest absolute Gasteiger partial charge is 0.312 e. The molecule has 0 aliphatic heterocycles. The molecule has 7 heteroatoms. The summed E-state index contributed by atoms with van der Waals surface area (Å²) in [5.41, 5.74) is 0.676. The molecule has 2 rings (SSSR count). The zero-order valence-electron chi connectivity index (χ0n) is 7.91. The lowest BCUT2D eigenvalue weighted by atomic mass is 10.4. The Labute approximate surface area is 84.4 Å². The number of aryl methyl sites for hydroxylation is 1. The molecule has 0 atom stereocenters. The van der Waals surface area contributed by atoms with Crippen LogP contribution >= 0.6 is 0 Å². The summed E-state index contributed by atoms with van der Waals surface area (Å²) in [6, 6.07) is 0. The highest BCUT2D eigenvalue weighted by Gasteiger charge is 2.13. The maximum Gasteiger partial charge on any atom is 0.312 e. The van der Waals surface area contributed by atoms with Crippen LogP contribution in [0.3, 0.4) is 0 Å². The van der Waals surface area contributed by atoms with E-state index in [1.54, 1.807) is 24.1 Å². The average Bonchev–Trinajstić information content (AvgIpc) is 2.72. The summed E-state index contributed by atoms with van der Waals surface area (Å²) in [6.45, 7) is 0. The number of hydrogen-bond donors (Lipinski definition) is 1. The van der Waals surface area contributed by atoms with Crippen molar-refractivity contribution in [2.24, 2.45) is 7.05 Å². The molecule has 15 heavy (non-hydrogen) atoms. The lowest BCUT2D eigenvalue weighted by molar-refractivity contribution is -0.136. The van der Waals surface area contributed by atoms with Crippen molar-refractivity contribution in [2.75, 3.05) is 0 Å². The van der Waals surface area contributed by atoms with Crippen molar-refractivity contribution in [3.05, 3.63) is 18.4 Å². The third kappa shape index (κ3) is 1.85. The Morgan fingerprint density at radius 1 is 1.67 bits per heavy atom. The first-order valence-corrected chi connectivity index (χ1v) is 4.18. The Bertz CT molecular complexity index is 488. The molecule has 0 bridgehead atoms. The van der Waals surface area contributed by atoms with Crippen molar-refractivity contribution in [1.82, 2.24) is 19.7 Å². The normalized spacial score (nSPS) is 10.5. The summed E-state index contributed by atoms with van der Waals surface area (Å²) in [5.74, 6) is -0.583. The van der Waals surface area contributed by atoms with Crippen LogP contribution in [0.4, 0.5) is 0 Å². The number of nitrogens with zero attached hydrogens (tertiary/aromatic N) is 4. The summed E-state index contributed by atoms with van der Waals surface area (Å²) >= 11 is 0. The van der Waals surface area contributed by atoms with Crippen molar-refractivity contribution in [1.29, 1.82) is 0 Å². The number of imidazole rings is 1. The van der Waals surface area contributed by atoms with E-state index in [2.05, 4.69) is 15.1 Å². The second kappa shape index (κ2) is 3.52. The summed E-state index contributed by atoms with van der Waals surface area (Å²) in [4.78, 5) is 18.2. The van der Waals surface area contributed by atoms with Gasteiger partial charge in [0.15, 0.2) is 0 Å². The Kier molecular flexibility index (Phi) is 2.20. The lowest BCUT2D eigenvalue weighted by Crippen LogP contribution is -2.00. The molecule has 0 aromatic carbocycles. The quantitative estimate of drug-likeness (QED) is 0.768. The molecule has 0 spiro atoms. The molecular formula is C8H8N4O3. The van der Waals surface area contributed by atoms with Crippen molar-refractivity contribution < 1.29 is 14.4 Å². The maximum absolute atomic E-state index is 10.4. The third-order valence-corrected chi connectivity index (χ3v) is 1.82. The molecule has 0 radical (unpaired) electrons. The SMILES string of the molecule is Cn1cncc1-c1noc(CC(=O)O)n1. The number of aliphatic carboxylic acids is 1. The van der Waals surface area contributed by atoms with Gasteiger partial charge in [0, 0.05) is 7.05 Å². The Morgan fingerprint density at radius 3 is 3.07 bits per heavy atom. The van der Waals surface area contributed by atoms with Crippen LogP contribution in [0.15, 0.2) is 17.0 Å². The number of hydrogen-bond acceptors (Lipinski definition) is 5. The minimum atomic E-state index is -1.00. The van der Waals surface area contributed by atoms with Crippen LogP contribution in [0.5, 0.6) is 0 Å². The summed E-state index contributed by atoms with van der Waals surface area (Å²) in [5, 5.41) is 12.2. The fourth-order valence-corrected chi connectivity index (χ4v) is 1.13. The van der Waals surface area contributed by atoms with Gasteiger partial charge in [-0.25, -0.2) is 4.98 Å². The molecule has 0 amide bonds. The van der Waals surface area contributed by atoms with E-state index < -0.39 is 5.97 Å². The van der Waals surface area contributed by atoms with Gasteiger partial charge in [0.25, 0.3) is 0 Å². The highest BCUT2D eigenvalue weighted by atomic mass is 16.5. The standard InChI is InChI=1S/C8H8N4O3/c1-12-4-9-3-5(12)8-10-6(15-11-8)2-7(13)14/h3-4H,2H2,1H3,(H,13,14). The molecule has 2 aromatic heterocycles. The highest BCUT2D eigenvalue weighted by Crippen LogP contribution is 2.13. The Morgan fingerprint density at radius 2 is 2.47 bits per heavy atom. The molecule has 7 nitrogen and oxygen atoms in total. The van der Waals surface area contributed by atoms with Crippen LogP contribution in [-0.4, -0.2) is 30.8 Å². The second-order valence-electron chi connectivity index (χ2n) is 2.97. The second-order valence-corrected chi connectivity index (χ2v) is 2.97. The van der Waals surface area contributed by atoms with E-state index in [9.17, 15) is 4.79 Å². The average molecular weight is 208 g/mol. The van der Waals surface area contributed by atoms with Gasteiger partial charge < -0.3 is 14.2 Å². The molecule has 2 heterocycles. The number of aromatic nitrogens is 4. The molecule has 78 valence electrons. The molecule has 0 fully saturated rings. The maximum atomic E-state index is 10.4. The van der Waals surface area contributed by atoms with E-state index in [-0.39, 0.29) is 12.3 Å². The first-order valence-electron chi connectivity index (χ1n) is 4.18. The first-order chi connectivity index (χ1) is 7.16. The molecule has 0 saturated carbocycles. The van der Waals surface area contributed by atoms with Gasteiger partial charge in [-0.3, -0.25) is 4.79 Å². The predicted octanol–water partition coefficient (Wildman–Crippen LogP) is 0.0972. The van der Waals surface area contributed by atoms with Crippen LogP contribution < -0.4 is 0 Å². The van der Waals surface area contributed by atoms with Gasteiger partial charge in [0.1, 0.15) is 12.1 Å². The largest absolute Gasteiger partial charge is 0.481 e. The van der Waals surface area contributed by atoms with E-state index in [0.29, 0.717) is 11.5 Å². The Hall–Kier alpha value is -2.18. The van der Waals surface area contributed by atoms with Crippen molar-refractivity contribution in [3.8, 4) is 11.5 Å². The number of carbonyl (C=O) groups is 1. The molecule has 0 unspecified atom stereocenters. The van der Waals surface area contributed by atoms with E-state index in [1.165, 1.54) is 0 Å². The molecular weight excluding hydrogens is 200 g/mol. The van der Waals surface area contributed by atoms with Crippen LogP contribution in [0.1, 0.15) is 5.89 Å². The van der Waals surface area contributed by atoms with Gasteiger partial charge in [-0.15, -0.1) is 0 Å². The van der Waals surface area contributed by atoms with E-state index >= 15 is 0 Å². The molecule has 2 aromatic rings. The van der Waals surface area contributed by atoms with Gasteiger partial charge in [-0.05, 0) is 0 Å². The van der Waals surface area contributed by atoms with E-state index in [1.807, 2.05) is 0 Å². The predicted molar refractivity (Wildman–Crippen MR) is 47.8 cm³/mol. The van der Waals surface area contributed by atoms with Gasteiger partial charge in [-0.2, -0.15) is 4.98 Å². The van der Waals surface area contributed by atoms with Gasteiger partial charge in [0.05, 0.1) is 12.5 Å². The molecule has 0 saturated heterocycles. The number of carboxylic acid groups (broad SMARTS) is 1. The lowest BCUT2D eigenvalue weighted by Gasteiger charge is -1.92. The minimum Gasteiger partial charge on any atom is -0.481 e. The van der Waals surface area contributed by atoms with Crippen LogP contribution in [-0.2, 0) is 18.3 Å². The topological polar surface area (TPSA) is 94.0 Å². The monoisotopic (exact) mass is 208 g/mol. The molecule has 1 N–H and O–H groups in total. The third-order valence-electron chi connectivity index (χ3n) is 1.82. The van der Waals surface area contributed by atoms with Crippen molar-refractivity contribution in [2.45, 2.75) is 6.42 Å². The van der Waals surface area contributed by atoms with Crippen LogP contribution in [0, 0.1) is 0 Å². The highest BCUT2D eigenvalue weighted by molar-refractivity contribution is 5.68. The fourth-order valence-electron chi connectivity index (χ4n) is 1.13. The van der Waals surface area contributed by atoms with Crippen LogP contribution in [0.2, 0.25) is 0 Å². The Balaban J connectivity index is 2.28. The minimum absolute atomic E-state index is 0.0821. The summed E-state index contributed by atoms with van der Waals surface area (Å²) in [7, 11) is 1.79. The number of rotatable bonds is 3. The molecule has 0 aliphatic rings. The first kappa shape index (κ1) is 9.38. The number of carboxylic acids is 1. The van der Waals surface area contributed by atoms with Gasteiger partial charge >= 0.3 is 5.97 Å². The zero-order chi connectivity index (χ0) is 10.8. The van der Waals surface area contributed by atoms with Crippen LogP contribution in [0.25, 0.3) is 11.5 Å². The van der Waals surface area contributed by atoms with Gasteiger partial charge in [-0.1, -0.05) is 5.16 Å². The van der Waals surface area contributed by atoms with Gasteiger partial charge in [0.2, 0.25) is 11.7 Å². The summed E-state index contributed by atoms with van der Waals surface area (Å²) < 4.78 is 6.49. The van der Waals surface area contributed by atoms with E-state index in [4.69, 9.17) is 9.63 Å². The van der Waals surface area contributed by atoms with E-state index in [0.717, 1.165) is 0 Å². The van der Waals surface area contributed by atoms with Crippen molar-refractivity contribution >= 4 is 5.97 Å². The summed E-state index contributed by atoms with van der Waals surface area (Å²) in [6.07, 6.45) is 2.91. The zero-order valence-corrected chi connectivity index (χ0v) is 7.91. The fraction of sp³-hybridized carbons (Fsp3) is 0.250. The van der Waals surface area contributed by atoms with Crippen molar-refractivity contribution in [3.63, 3.8) is 0 Å². The molecule has 0 aliphatic carbocycles.